The minimum Gasteiger partial charge on any atom is -0.465 e. The van der Waals surface area contributed by atoms with Crippen LogP contribution >= 0.6 is 0 Å². The molecule has 4 nitrogen and oxygen atoms in total. The molecule has 0 aromatic heterocycles. The van der Waals surface area contributed by atoms with E-state index in [0.717, 1.165) is 31.2 Å². The zero-order chi connectivity index (χ0) is 14.0. The molecule has 0 saturated heterocycles. The van der Waals surface area contributed by atoms with E-state index < -0.39 is 15.8 Å². The van der Waals surface area contributed by atoms with Crippen molar-refractivity contribution >= 4 is 15.8 Å². The van der Waals surface area contributed by atoms with Crippen LogP contribution in [-0.2, 0) is 14.6 Å². The van der Waals surface area contributed by atoms with Gasteiger partial charge in [0.1, 0.15) is 0 Å². The molecule has 0 bridgehead atoms. The van der Waals surface area contributed by atoms with E-state index in [-0.39, 0.29) is 16.4 Å². The highest BCUT2D eigenvalue weighted by molar-refractivity contribution is 7.90. The van der Waals surface area contributed by atoms with Crippen LogP contribution in [0.4, 0.5) is 0 Å². The van der Waals surface area contributed by atoms with Crippen molar-refractivity contribution in [2.45, 2.75) is 36.5 Å². The van der Waals surface area contributed by atoms with Crippen LogP contribution in [0.1, 0.15) is 47.5 Å². The summed E-state index contributed by atoms with van der Waals surface area (Å²) in [6.07, 6.45) is 5.47. The van der Waals surface area contributed by atoms with E-state index in [9.17, 15) is 13.2 Å². The average Bonchev–Trinajstić information content (AvgIpc) is 2.90. The van der Waals surface area contributed by atoms with Gasteiger partial charge in [-0.1, -0.05) is 18.9 Å². The zero-order valence-electron chi connectivity index (χ0n) is 11.2. The van der Waals surface area contributed by atoms with Gasteiger partial charge in [-0.25, -0.2) is 13.2 Å². The molecule has 1 aromatic rings. The van der Waals surface area contributed by atoms with Crippen molar-refractivity contribution in [2.24, 2.45) is 0 Å². The van der Waals surface area contributed by atoms with Crippen LogP contribution in [-0.4, -0.2) is 27.8 Å². The van der Waals surface area contributed by atoms with Crippen LogP contribution in [0, 0.1) is 0 Å². The van der Waals surface area contributed by atoms with E-state index in [0.29, 0.717) is 0 Å². The van der Waals surface area contributed by atoms with Gasteiger partial charge in [-0.15, -0.1) is 0 Å². The maximum Gasteiger partial charge on any atom is 0.337 e. The molecule has 0 heterocycles. The lowest BCUT2D eigenvalue weighted by Crippen LogP contribution is -2.09. The highest BCUT2D eigenvalue weighted by atomic mass is 32.2. The van der Waals surface area contributed by atoms with E-state index >= 15 is 0 Å². The van der Waals surface area contributed by atoms with Crippen LogP contribution in [0.5, 0.6) is 0 Å². The van der Waals surface area contributed by atoms with Crippen molar-refractivity contribution in [3.8, 4) is 0 Å². The minimum absolute atomic E-state index is 0.266. The van der Waals surface area contributed by atoms with E-state index in [1.54, 1.807) is 12.1 Å². The highest BCUT2D eigenvalue weighted by Crippen LogP contribution is 2.37. The standard InChI is InChI=1S/C14H18O4S/c1-18-14(15)11-7-8-12(10-5-3-4-6-10)13(9-11)19(2,16)17/h7-10H,3-6H2,1-2H3. The summed E-state index contributed by atoms with van der Waals surface area (Å²) in [5.74, 6) is -0.223. The predicted octanol–water partition coefficient (Wildman–Crippen LogP) is 2.53. The lowest BCUT2D eigenvalue weighted by atomic mass is 9.96. The van der Waals surface area contributed by atoms with E-state index in [2.05, 4.69) is 4.74 Å². The summed E-state index contributed by atoms with van der Waals surface area (Å²) in [5, 5.41) is 0. The third-order valence-electron chi connectivity index (χ3n) is 3.63. The summed E-state index contributed by atoms with van der Waals surface area (Å²) in [6, 6.07) is 4.85. The van der Waals surface area contributed by atoms with Gasteiger partial charge in [0.25, 0.3) is 0 Å². The van der Waals surface area contributed by atoms with Crippen molar-refractivity contribution in [1.29, 1.82) is 0 Å². The summed E-state index contributed by atoms with van der Waals surface area (Å²) in [7, 11) is -2.06. The molecule has 0 atom stereocenters. The van der Waals surface area contributed by atoms with E-state index in [4.69, 9.17) is 0 Å². The highest BCUT2D eigenvalue weighted by Gasteiger charge is 2.24. The van der Waals surface area contributed by atoms with Crippen molar-refractivity contribution in [3.05, 3.63) is 29.3 Å². The fraction of sp³-hybridized carbons (Fsp3) is 0.500. The van der Waals surface area contributed by atoms with E-state index in [1.165, 1.54) is 19.4 Å². The first-order valence-corrected chi connectivity index (χ1v) is 8.25. The normalized spacial score (nSPS) is 16.5. The first-order chi connectivity index (χ1) is 8.93. The average molecular weight is 282 g/mol. The van der Waals surface area contributed by atoms with Crippen LogP contribution in [0.2, 0.25) is 0 Å². The largest absolute Gasteiger partial charge is 0.465 e. The molecule has 1 saturated carbocycles. The van der Waals surface area contributed by atoms with Crippen LogP contribution in [0.3, 0.4) is 0 Å². The fourth-order valence-corrected chi connectivity index (χ4v) is 3.68. The molecule has 1 aliphatic rings. The van der Waals surface area contributed by atoms with Crippen LogP contribution < -0.4 is 0 Å². The SMILES string of the molecule is COC(=O)c1ccc(C2CCCC2)c(S(C)(=O)=O)c1. The molecular formula is C14H18O4S. The Hall–Kier alpha value is -1.36. The van der Waals surface area contributed by atoms with Crippen molar-refractivity contribution < 1.29 is 17.9 Å². The van der Waals surface area contributed by atoms with Gasteiger partial charge in [0.2, 0.25) is 0 Å². The lowest BCUT2D eigenvalue weighted by Gasteiger charge is -2.15. The smallest absolute Gasteiger partial charge is 0.337 e. The van der Waals surface area contributed by atoms with Gasteiger partial charge in [0.15, 0.2) is 9.84 Å². The first kappa shape index (κ1) is 14.1. The number of esters is 1. The molecule has 1 aromatic carbocycles. The van der Waals surface area contributed by atoms with Gasteiger partial charge in [-0.2, -0.15) is 0 Å². The number of ether oxygens (including phenoxy) is 1. The number of hydrogen-bond acceptors (Lipinski definition) is 4. The second-order valence-electron chi connectivity index (χ2n) is 5.00. The Bertz CT molecular complexity index is 583. The van der Waals surface area contributed by atoms with Crippen LogP contribution in [0.25, 0.3) is 0 Å². The van der Waals surface area contributed by atoms with Crippen LogP contribution in [0.15, 0.2) is 23.1 Å². The second kappa shape index (κ2) is 5.33. The van der Waals surface area contributed by atoms with Gasteiger partial charge in [-0.05, 0) is 36.5 Å². The third-order valence-corrected chi connectivity index (χ3v) is 4.78. The molecule has 0 N–H and O–H groups in total. The second-order valence-corrected chi connectivity index (χ2v) is 6.98. The van der Waals surface area contributed by atoms with Gasteiger partial charge < -0.3 is 4.74 Å². The molecule has 5 heteroatoms. The first-order valence-electron chi connectivity index (χ1n) is 6.36. The van der Waals surface area contributed by atoms with Gasteiger partial charge in [0, 0.05) is 6.26 Å². The quantitative estimate of drug-likeness (QED) is 0.799. The van der Waals surface area contributed by atoms with Crippen molar-refractivity contribution in [2.75, 3.05) is 13.4 Å². The minimum atomic E-state index is -3.34. The Labute approximate surface area is 113 Å². The molecule has 0 spiro atoms. The molecule has 104 valence electrons. The topological polar surface area (TPSA) is 60.4 Å². The fourth-order valence-electron chi connectivity index (χ4n) is 2.67. The zero-order valence-corrected chi connectivity index (χ0v) is 12.0. The number of methoxy groups -OCH3 is 1. The summed E-state index contributed by atoms with van der Waals surface area (Å²) < 4.78 is 28.5. The Balaban J connectivity index is 2.52. The molecule has 1 fully saturated rings. The van der Waals surface area contributed by atoms with Crippen molar-refractivity contribution in [3.63, 3.8) is 0 Å². The summed E-state index contributed by atoms with van der Waals surface area (Å²) >= 11 is 0. The Kier molecular flexibility index (Phi) is 3.94. The van der Waals surface area contributed by atoms with Gasteiger partial charge >= 0.3 is 5.97 Å². The summed E-state index contributed by atoms with van der Waals surface area (Å²) in [6.45, 7) is 0. The lowest BCUT2D eigenvalue weighted by molar-refractivity contribution is 0.0600. The van der Waals surface area contributed by atoms with Crippen molar-refractivity contribution in [1.82, 2.24) is 0 Å². The van der Waals surface area contributed by atoms with Gasteiger partial charge in [-0.3, -0.25) is 0 Å². The molecule has 0 unspecified atom stereocenters. The molecule has 0 aliphatic heterocycles. The predicted molar refractivity (Wildman–Crippen MR) is 72.1 cm³/mol. The molecule has 19 heavy (non-hydrogen) atoms. The molecule has 1 aliphatic carbocycles. The summed E-state index contributed by atoms with van der Waals surface area (Å²) in [5.41, 5.74) is 1.12. The Morgan fingerprint density at radius 3 is 2.42 bits per heavy atom. The van der Waals surface area contributed by atoms with E-state index in [1.807, 2.05) is 0 Å². The third kappa shape index (κ3) is 2.97. The summed E-state index contributed by atoms with van der Waals surface area (Å²) in [4.78, 5) is 11.8. The number of rotatable bonds is 3. The number of benzene rings is 1. The Morgan fingerprint density at radius 1 is 1.26 bits per heavy atom. The monoisotopic (exact) mass is 282 g/mol. The molecule has 2 rings (SSSR count). The Morgan fingerprint density at radius 2 is 1.89 bits per heavy atom. The molecule has 0 radical (unpaired) electrons. The number of hydrogen-bond donors (Lipinski definition) is 0. The number of sulfone groups is 1. The number of carbonyl (C=O) groups excluding carboxylic acids is 1. The number of carbonyl (C=O) groups is 1. The molecule has 0 amide bonds. The van der Waals surface area contributed by atoms with Gasteiger partial charge in [0.05, 0.1) is 17.6 Å². The maximum atomic E-state index is 11.9. The maximum absolute atomic E-state index is 11.9. The molecular weight excluding hydrogens is 264 g/mol.